The zero-order chi connectivity index (χ0) is 12.4. The predicted molar refractivity (Wildman–Crippen MR) is 58.3 cm³/mol. The number of rotatable bonds is 3. The molecule has 1 fully saturated rings. The van der Waals surface area contributed by atoms with Crippen LogP contribution in [0.3, 0.4) is 0 Å². The van der Waals surface area contributed by atoms with E-state index in [9.17, 15) is 14.0 Å². The molecule has 90 valence electrons. The fraction of sp³-hybridized carbons (Fsp3) is 0.273. The number of hydrogen-bond donors (Lipinski definition) is 2. The lowest BCUT2D eigenvalue weighted by Gasteiger charge is -2.14. The molecule has 2 N–H and O–H groups in total. The number of anilines is 1. The third kappa shape index (κ3) is 2.52. The second-order valence-electron chi connectivity index (χ2n) is 3.83. The van der Waals surface area contributed by atoms with Crippen molar-refractivity contribution in [3.05, 3.63) is 30.1 Å². The Bertz CT molecular complexity index is 464. The molecule has 2 rings (SSSR count). The maximum Gasteiger partial charge on any atom is 0.322 e. The smallest absolute Gasteiger partial charge is 0.322 e. The van der Waals surface area contributed by atoms with Crippen LogP contribution in [0.25, 0.3) is 0 Å². The first kappa shape index (κ1) is 11.4. The topological polar surface area (TPSA) is 69.6 Å². The highest BCUT2D eigenvalue weighted by Gasteiger charge is 2.31. The minimum Gasteiger partial charge on any atom is -0.481 e. The molecule has 1 aliphatic rings. The summed E-state index contributed by atoms with van der Waals surface area (Å²) < 4.78 is 13.0. The number of aliphatic carboxylic acids is 1. The molecule has 1 aromatic carbocycles. The second-order valence-corrected chi connectivity index (χ2v) is 3.83. The minimum absolute atomic E-state index is 0.141. The number of halogens is 1. The van der Waals surface area contributed by atoms with Gasteiger partial charge in [0.2, 0.25) is 0 Å². The van der Waals surface area contributed by atoms with Crippen LogP contribution in [0.15, 0.2) is 24.3 Å². The Labute approximate surface area is 96.8 Å². The minimum atomic E-state index is -0.976. The van der Waals surface area contributed by atoms with Gasteiger partial charge in [0.1, 0.15) is 5.82 Å². The molecule has 1 unspecified atom stereocenters. The fourth-order valence-electron chi connectivity index (χ4n) is 1.79. The van der Waals surface area contributed by atoms with Gasteiger partial charge in [0.05, 0.1) is 12.5 Å². The number of carbonyl (C=O) groups excluding carboxylic acids is 1. The van der Waals surface area contributed by atoms with E-state index in [-0.39, 0.29) is 13.0 Å². The van der Waals surface area contributed by atoms with E-state index in [1.54, 1.807) is 6.07 Å². The first-order valence-corrected chi connectivity index (χ1v) is 5.11. The van der Waals surface area contributed by atoms with Crippen LogP contribution in [0.1, 0.15) is 6.42 Å². The lowest BCUT2D eigenvalue weighted by Crippen LogP contribution is -2.29. The van der Waals surface area contributed by atoms with Crippen molar-refractivity contribution in [2.75, 3.05) is 11.4 Å². The number of nitrogens with zero attached hydrogens (tertiary/aromatic N) is 1. The summed E-state index contributed by atoms with van der Waals surface area (Å²) in [5.41, 5.74) is 0.426. The van der Waals surface area contributed by atoms with E-state index < -0.39 is 23.9 Å². The lowest BCUT2D eigenvalue weighted by molar-refractivity contribution is -0.137. The van der Waals surface area contributed by atoms with Crippen LogP contribution in [0.2, 0.25) is 0 Å². The summed E-state index contributed by atoms with van der Waals surface area (Å²) in [7, 11) is 0. The molecule has 6 heteroatoms. The number of nitrogens with one attached hydrogen (secondary N) is 1. The van der Waals surface area contributed by atoms with Crippen LogP contribution < -0.4 is 10.2 Å². The number of amides is 2. The number of carboxylic acid groups (broad SMARTS) is 1. The van der Waals surface area contributed by atoms with E-state index in [0.717, 1.165) is 0 Å². The van der Waals surface area contributed by atoms with Gasteiger partial charge in [0.25, 0.3) is 0 Å². The lowest BCUT2D eigenvalue weighted by atomic mass is 10.2. The molecule has 0 aliphatic carbocycles. The van der Waals surface area contributed by atoms with Crippen molar-refractivity contribution in [1.82, 2.24) is 5.32 Å². The summed E-state index contributed by atoms with van der Waals surface area (Å²) in [5, 5.41) is 11.2. The van der Waals surface area contributed by atoms with Gasteiger partial charge in [-0.2, -0.15) is 0 Å². The van der Waals surface area contributed by atoms with Crippen LogP contribution in [0.5, 0.6) is 0 Å². The Balaban J connectivity index is 2.13. The molecule has 0 radical (unpaired) electrons. The number of benzene rings is 1. The Morgan fingerprint density at radius 2 is 2.35 bits per heavy atom. The normalized spacial score (nSPS) is 19.2. The summed E-state index contributed by atoms with van der Waals surface area (Å²) in [6.45, 7) is 0.231. The Morgan fingerprint density at radius 1 is 1.59 bits per heavy atom. The molecule has 1 aliphatic heterocycles. The maximum atomic E-state index is 13.0. The van der Waals surface area contributed by atoms with E-state index in [1.807, 2.05) is 0 Å². The summed E-state index contributed by atoms with van der Waals surface area (Å²) >= 11 is 0. The fourth-order valence-corrected chi connectivity index (χ4v) is 1.79. The van der Waals surface area contributed by atoms with Gasteiger partial charge in [0, 0.05) is 12.2 Å². The van der Waals surface area contributed by atoms with Crippen molar-refractivity contribution in [1.29, 1.82) is 0 Å². The van der Waals surface area contributed by atoms with Gasteiger partial charge in [-0.15, -0.1) is 0 Å². The highest BCUT2D eigenvalue weighted by molar-refractivity contribution is 5.95. The highest BCUT2D eigenvalue weighted by atomic mass is 19.1. The largest absolute Gasteiger partial charge is 0.481 e. The van der Waals surface area contributed by atoms with Crippen LogP contribution in [0, 0.1) is 5.82 Å². The standard InChI is InChI=1S/C11H11FN2O3/c12-7-2-1-3-9(4-7)14-6-8(5-10(15)16)13-11(14)17/h1-4,8H,5-6H2,(H,13,17)(H,15,16). The van der Waals surface area contributed by atoms with E-state index in [2.05, 4.69) is 5.32 Å². The Kier molecular flexibility index (Phi) is 2.95. The molecule has 1 saturated heterocycles. The number of carbonyl (C=O) groups is 2. The average Bonchev–Trinajstić information content (AvgIpc) is 2.58. The maximum absolute atomic E-state index is 13.0. The van der Waals surface area contributed by atoms with Crippen LogP contribution in [-0.4, -0.2) is 29.7 Å². The van der Waals surface area contributed by atoms with Crippen LogP contribution >= 0.6 is 0 Å². The Hall–Kier alpha value is -2.11. The van der Waals surface area contributed by atoms with Crippen molar-refractivity contribution in [3.63, 3.8) is 0 Å². The second kappa shape index (κ2) is 4.40. The van der Waals surface area contributed by atoms with Gasteiger partial charge in [-0.3, -0.25) is 9.69 Å². The van der Waals surface area contributed by atoms with Crippen molar-refractivity contribution in [3.8, 4) is 0 Å². The summed E-state index contributed by atoms with van der Waals surface area (Å²) in [5.74, 6) is -1.41. The third-order valence-corrected chi connectivity index (χ3v) is 2.52. The predicted octanol–water partition coefficient (Wildman–Crippen LogP) is 1.20. The first-order chi connectivity index (χ1) is 8.06. The molecule has 1 heterocycles. The third-order valence-electron chi connectivity index (χ3n) is 2.52. The van der Waals surface area contributed by atoms with Gasteiger partial charge >= 0.3 is 12.0 Å². The molecule has 0 bridgehead atoms. The molecule has 0 saturated carbocycles. The van der Waals surface area contributed by atoms with Gasteiger partial charge < -0.3 is 10.4 Å². The number of hydrogen-bond acceptors (Lipinski definition) is 2. The molecular weight excluding hydrogens is 227 g/mol. The molecule has 17 heavy (non-hydrogen) atoms. The van der Waals surface area contributed by atoms with E-state index >= 15 is 0 Å². The van der Waals surface area contributed by atoms with Gasteiger partial charge in [0.15, 0.2) is 0 Å². The van der Waals surface area contributed by atoms with Crippen molar-refractivity contribution in [2.45, 2.75) is 12.5 Å². The molecular formula is C11H11FN2O3. The zero-order valence-corrected chi connectivity index (χ0v) is 8.89. The van der Waals surface area contributed by atoms with Crippen molar-refractivity contribution in [2.24, 2.45) is 0 Å². The zero-order valence-electron chi connectivity index (χ0n) is 8.89. The molecule has 5 nitrogen and oxygen atoms in total. The molecule has 0 spiro atoms. The quantitative estimate of drug-likeness (QED) is 0.831. The molecule has 2 amide bonds. The first-order valence-electron chi connectivity index (χ1n) is 5.11. The van der Waals surface area contributed by atoms with E-state index in [1.165, 1.54) is 23.1 Å². The average molecular weight is 238 g/mol. The molecule has 1 atom stereocenters. The monoisotopic (exact) mass is 238 g/mol. The molecule has 0 aromatic heterocycles. The van der Waals surface area contributed by atoms with Gasteiger partial charge in [-0.05, 0) is 18.2 Å². The van der Waals surface area contributed by atoms with Gasteiger partial charge in [-0.1, -0.05) is 6.07 Å². The van der Waals surface area contributed by atoms with Gasteiger partial charge in [-0.25, -0.2) is 9.18 Å². The number of carboxylic acids is 1. The highest BCUT2D eigenvalue weighted by Crippen LogP contribution is 2.20. The van der Waals surface area contributed by atoms with Crippen LogP contribution in [0.4, 0.5) is 14.9 Å². The summed E-state index contributed by atoms with van der Waals surface area (Å²) in [4.78, 5) is 23.4. The number of urea groups is 1. The SMILES string of the molecule is O=C(O)CC1CN(c2cccc(F)c2)C(=O)N1. The molecule has 1 aromatic rings. The van der Waals surface area contributed by atoms with E-state index in [4.69, 9.17) is 5.11 Å². The van der Waals surface area contributed by atoms with Crippen molar-refractivity contribution >= 4 is 17.7 Å². The van der Waals surface area contributed by atoms with Crippen LogP contribution in [-0.2, 0) is 4.79 Å². The summed E-state index contributed by atoms with van der Waals surface area (Å²) in [6, 6.07) is 4.79. The summed E-state index contributed by atoms with van der Waals surface area (Å²) in [6.07, 6.45) is -0.141. The van der Waals surface area contributed by atoms with Crippen molar-refractivity contribution < 1.29 is 19.1 Å². The van der Waals surface area contributed by atoms with E-state index in [0.29, 0.717) is 5.69 Å². The Morgan fingerprint density at radius 3 is 3.00 bits per heavy atom.